The van der Waals surface area contributed by atoms with Crippen LogP contribution < -0.4 is 0 Å². The van der Waals surface area contributed by atoms with Gasteiger partial charge in [-0.2, -0.15) is 0 Å². The summed E-state index contributed by atoms with van der Waals surface area (Å²) in [6.07, 6.45) is 1.41. The molecule has 0 N–H and O–H groups in total. The van der Waals surface area contributed by atoms with Crippen LogP contribution in [0, 0.1) is 56.3 Å². The Morgan fingerprint density at radius 2 is 2.13 bits per heavy atom. The Bertz CT molecular complexity index is 281. The maximum Gasteiger partial charge on any atom is 2.00 e. The first-order chi connectivity index (χ1) is 6.31. The van der Waals surface area contributed by atoms with Gasteiger partial charge in [0.2, 0.25) is 0 Å². The van der Waals surface area contributed by atoms with Gasteiger partial charge in [-0.05, 0) is 18.8 Å². The molecule has 0 aromatic heterocycles. The number of rotatable bonds is 2. The van der Waals surface area contributed by atoms with E-state index in [1.54, 1.807) is 0 Å². The van der Waals surface area contributed by atoms with E-state index in [0.29, 0.717) is 11.8 Å². The largest absolute Gasteiger partial charge is 2.00 e. The maximum absolute atomic E-state index is 11.3. The van der Waals surface area contributed by atoms with Crippen molar-refractivity contribution in [3.8, 4) is 0 Å². The van der Waals surface area contributed by atoms with Crippen LogP contribution in [-0.2, 0) is 19.1 Å². The summed E-state index contributed by atoms with van der Waals surface area (Å²) in [5.74, 6) is 0.611. The summed E-state index contributed by atoms with van der Waals surface area (Å²) in [6, 6.07) is 0. The van der Waals surface area contributed by atoms with Crippen LogP contribution in [0.5, 0.6) is 0 Å². The monoisotopic (exact) mass is 434 g/mol. The first kappa shape index (κ1) is 13.1. The Morgan fingerprint density at radius 1 is 1.40 bits per heavy atom. The van der Waals surface area contributed by atoms with Crippen LogP contribution in [0.25, 0.3) is 0 Å². The molecule has 1 aliphatic heterocycles. The third kappa shape index (κ3) is 1.64. The van der Waals surface area contributed by atoms with E-state index in [9.17, 15) is 9.59 Å². The topological polar surface area (TPSA) is 52.6 Å². The molecule has 0 aromatic rings. The van der Waals surface area contributed by atoms with Gasteiger partial charge in [-0.15, -0.1) is 0 Å². The molecular weight excluding hydrogens is 422 g/mol. The van der Waals surface area contributed by atoms with E-state index in [2.05, 4.69) is 0 Å². The fourth-order valence-corrected chi connectivity index (χ4v) is 3.12. The van der Waals surface area contributed by atoms with E-state index in [4.69, 9.17) is 9.47 Å². The molecule has 80 valence electrons. The Labute approximate surface area is 112 Å². The molecule has 3 aliphatic rings. The molecule has 3 rings (SSSR count). The molecule has 2 saturated carbocycles. The maximum atomic E-state index is 11.3. The standard InChI is InChI=1S/C9H9O4.CH3.U/c10-3-12-7-4-1-5-6(2-4)9(11)13-8(5)7;;/h4-8H,1-2H2;1H3;/q2*-1;+2. The molecule has 4 nitrogen and oxygen atoms in total. The van der Waals surface area contributed by atoms with E-state index >= 15 is 0 Å². The Morgan fingerprint density at radius 3 is 2.80 bits per heavy atom. The van der Waals surface area contributed by atoms with E-state index in [1.165, 1.54) is 6.47 Å². The second-order valence-corrected chi connectivity index (χ2v) is 4.07. The normalized spacial score (nSPS) is 44.0. The number of fused-ring (bicyclic) bond motifs is 1. The molecule has 5 unspecified atom stereocenters. The van der Waals surface area contributed by atoms with E-state index in [1.807, 2.05) is 0 Å². The van der Waals surface area contributed by atoms with Crippen LogP contribution in [0.1, 0.15) is 12.8 Å². The summed E-state index contributed by atoms with van der Waals surface area (Å²) in [6.45, 7) is 1.45. The average Bonchev–Trinajstić information content (AvgIpc) is 2.69. The fourth-order valence-electron chi connectivity index (χ4n) is 3.12. The third-order valence-corrected chi connectivity index (χ3v) is 3.60. The van der Waals surface area contributed by atoms with Gasteiger partial charge in [0.05, 0.1) is 5.92 Å². The van der Waals surface area contributed by atoms with Gasteiger partial charge in [0.1, 0.15) is 12.2 Å². The van der Waals surface area contributed by atoms with Crippen molar-refractivity contribution in [1.29, 1.82) is 0 Å². The van der Waals surface area contributed by atoms with Crippen LogP contribution in [0.2, 0.25) is 0 Å². The average molecular weight is 434 g/mol. The number of carbonyl (C=O) groups excluding carboxylic acids is 2. The first-order valence-corrected chi connectivity index (χ1v) is 4.54. The first-order valence-electron chi connectivity index (χ1n) is 4.54. The van der Waals surface area contributed by atoms with Crippen LogP contribution in [0.15, 0.2) is 0 Å². The van der Waals surface area contributed by atoms with Crippen molar-refractivity contribution in [1.82, 2.24) is 0 Å². The summed E-state index contributed by atoms with van der Waals surface area (Å²) in [5, 5.41) is 0. The van der Waals surface area contributed by atoms with Crippen molar-refractivity contribution in [2.45, 2.75) is 25.0 Å². The van der Waals surface area contributed by atoms with Crippen molar-refractivity contribution in [3.05, 3.63) is 7.43 Å². The number of hydrogen-bond acceptors (Lipinski definition) is 4. The van der Waals surface area contributed by atoms with Gasteiger partial charge < -0.3 is 21.7 Å². The van der Waals surface area contributed by atoms with E-state index in [-0.39, 0.29) is 62.6 Å². The van der Waals surface area contributed by atoms with Crippen molar-refractivity contribution in [2.75, 3.05) is 0 Å². The van der Waals surface area contributed by atoms with Gasteiger partial charge in [-0.1, -0.05) is 6.47 Å². The molecule has 0 spiro atoms. The van der Waals surface area contributed by atoms with Crippen LogP contribution in [0.3, 0.4) is 0 Å². The number of esters is 1. The molecular formula is C10H12O4U. The van der Waals surface area contributed by atoms with Gasteiger partial charge >= 0.3 is 37.1 Å². The van der Waals surface area contributed by atoms with Crippen molar-refractivity contribution >= 4 is 12.4 Å². The van der Waals surface area contributed by atoms with Crippen molar-refractivity contribution < 1.29 is 50.2 Å². The predicted molar refractivity (Wildman–Crippen MR) is 46.6 cm³/mol. The van der Waals surface area contributed by atoms with Crippen molar-refractivity contribution in [3.63, 3.8) is 0 Å². The Kier molecular flexibility index (Phi) is 3.89. The molecule has 0 radical (unpaired) electrons. The molecule has 1 heterocycles. The van der Waals surface area contributed by atoms with E-state index < -0.39 is 0 Å². The van der Waals surface area contributed by atoms with Gasteiger partial charge in [0, 0.05) is 5.92 Å². The zero-order valence-electron chi connectivity index (χ0n) is 8.43. The number of hydrogen-bond donors (Lipinski definition) is 0. The molecule has 2 bridgehead atoms. The van der Waals surface area contributed by atoms with Crippen LogP contribution >= 0.6 is 0 Å². The molecule has 1 saturated heterocycles. The minimum absolute atomic E-state index is 0. The van der Waals surface area contributed by atoms with Gasteiger partial charge in [-0.25, -0.2) is 0 Å². The van der Waals surface area contributed by atoms with Gasteiger partial charge in [-0.3, -0.25) is 4.79 Å². The summed E-state index contributed by atoms with van der Waals surface area (Å²) >= 11 is 0. The number of ether oxygens (including phenoxy) is 2. The fraction of sp³-hybridized carbons (Fsp3) is 0.700. The second kappa shape index (κ2) is 4.47. The van der Waals surface area contributed by atoms with Crippen molar-refractivity contribution in [2.24, 2.45) is 17.8 Å². The minimum Gasteiger partial charge on any atom is -0.648 e. The molecule has 0 amide bonds. The molecule has 3 fully saturated rings. The SMILES string of the molecule is O=[C-]OC1C2CC3C(=O)OC1C3C2.[CH3-].[U+2]. The van der Waals surface area contributed by atoms with Gasteiger partial charge in [0.15, 0.2) is 0 Å². The summed E-state index contributed by atoms with van der Waals surface area (Å²) in [5.41, 5.74) is 0. The summed E-state index contributed by atoms with van der Waals surface area (Å²) in [4.78, 5) is 21.4. The molecule has 2 aliphatic carbocycles. The smallest absolute Gasteiger partial charge is 0.648 e. The third-order valence-electron chi connectivity index (χ3n) is 3.60. The summed E-state index contributed by atoms with van der Waals surface area (Å²) in [7, 11) is 0. The Balaban J connectivity index is 0.000000562. The molecule has 0 aromatic carbocycles. The predicted octanol–water partition coefficient (Wildman–Crippen LogP) is 0.470. The van der Waals surface area contributed by atoms with Gasteiger partial charge in [0.25, 0.3) is 0 Å². The van der Waals surface area contributed by atoms with E-state index in [0.717, 1.165) is 12.8 Å². The molecule has 15 heavy (non-hydrogen) atoms. The van der Waals surface area contributed by atoms with Crippen LogP contribution in [-0.4, -0.2) is 24.6 Å². The Hall–Kier alpha value is -0.00805. The quantitative estimate of drug-likeness (QED) is 0.469. The van der Waals surface area contributed by atoms with Crippen LogP contribution in [0.4, 0.5) is 0 Å². The minimum atomic E-state index is -0.217. The molecule has 5 atom stereocenters. The zero-order valence-corrected chi connectivity index (χ0v) is 12.6. The molecule has 5 heteroatoms. The summed E-state index contributed by atoms with van der Waals surface area (Å²) < 4.78 is 9.99. The number of carbonyl (C=O) groups is 1. The zero-order chi connectivity index (χ0) is 9.00. The second-order valence-electron chi connectivity index (χ2n) is 4.07.